The van der Waals surface area contributed by atoms with Crippen LogP contribution < -0.4 is 35.6 Å². The summed E-state index contributed by atoms with van der Waals surface area (Å²) in [5.74, 6) is -1.84. The predicted octanol–water partition coefficient (Wildman–Crippen LogP) is 5.52. The minimum Gasteiger partial charge on any atom is -0.483 e. The van der Waals surface area contributed by atoms with Crippen LogP contribution in [0.5, 0.6) is 11.6 Å². The van der Waals surface area contributed by atoms with Gasteiger partial charge in [0.15, 0.2) is 6.61 Å². The molecule has 2 aromatic heterocycles. The molecule has 336 valence electrons. The minimum atomic E-state index is -1.11. The lowest BCUT2D eigenvalue weighted by atomic mass is 9.89. The molecule has 5 aromatic rings. The molecule has 0 radical (unpaired) electrons. The molecule has 2 fully saturated rings. The third-order valence-electron chi connectivity index (χ3n) is 11.7. The molecule has 17 nitrogen and oxygen atoms in total. The lowest BCUT2D eigenvalue weighted by Gasteiger charge is -2.37. The maximum atomic E-state index is 13.9. The van der Waals surface area contributed by atoms with E-state index in [1.165, 1.54) is 18.2 Å². The van der Waals surface area contributed by atoms with Crippen LogP contribution in [0.25, 0.3) is 11.1 Å². The molecule has 2 aliphatic heterocycles. The van der Waals surface area contributed by atoms with E-state index in [2.05, 4.69) is 37.3 Å². The van der Waals surface area contributed by atoms with Gasteiger partial charge in [-0.3, -0.25) is 39.1 Å². The fourth-order valence-electron chi connectivity index (χ4n) is 8.31. The summed E-state index contributed by atoms with van der Waals surface area (Å²) in [6, 6.07) is 30.3. The summed E-state index contributed by atoms with van der Waals surface area (Å²) in [5.41, 5.74) is 4.11. The van der Waals surface area contributed by atoms with E-state index in [1.807, 2.05) is 71.6 Å². The largest absolute Gasteiger partial charge is 0.483 e. The number of nitriles is 1. The molecule has 3 aliphatic rings. The molecule has 4 heterocycles. The molecule has 1 saturated heterocycles. The average Bonchev–Trinajstić information content (AvgIpc) is 3.60. The topological polar surface area (TPSA) is 225 Å². The van der Waals surface area contributed by atoms with E-state index in [0.717, 1.165) is 58.8 Å². The quantitative estimate of drug-likeness (QED) is 0.0710. The van der Waals surface area contributed by atoms with Gasteiger partial charge >= 0.3 is 6.03 Å². The number of nitrogens with one attached hydrogen (secondary N) is 4. The molecule has 1 atom stereocenters. The molecule has 1 unspecified atom stereocenters. The van der Waals surface area contributed by atoms with Crippen LogP contribution in [0.2, 0.25) is 0 Å². The van der Waals surface area contributed by atoms with Crippen LogP contribution in [0.3, 0.4) is 0 Å². The number of urea groups is 1. The highest BCUT2D eigenvalue weighted by Crippen LogP contribution is 2.34. The number of piperidine rings is 1. The molecule has 1 saturated carbocycles. The number of hydrogen-bond acceptors (Lipinski definition) is 12. The maximum absolute atomic E-state index is 13.9. The van der Waals surface area contributed by atoms with Crippen LogP contribution >= 0.6 is 0 Å². The van der Waals surface area contributed by atoms with E-state index in [-0.39, 0.29) is 61.0 Å². The number of nitrogens with zero attached hydrogens (tertiary/aromatic N) is 5. The summed E-state index contributed by atoms with van der Waals surface area (Å²) in [4.78, 5) is 88.4. The Labute approximate surface area is 380 Å². The third-order valence-corrected chi connectivity index (χ3v) is 11.7. The Balaban J connectivity index is 0.803. The van der Waals surface area contributed by atoms with Crippen molar-refractivity contribution in [2.75, 3.05) is 30.0 Å². The van der Waals surface area contributed by atoms with Crippen molar-refractivity contribution in [1.82, 2.24) is 30.8 Å². The zero-order chi connectivity index (χ0) is 46.0. The van der Waals surface area contributed by atoms with Gasteiger partial charge in [-0.15, -0.1) is 0 Å². The minimum absolute atomic E-state index is 0.00145. The number of carbonyl (C=O) groups excluding carboxylic acids is 6. The first-order valence-corrected chi connectivity index (χ1v) is 21.8. The number of benzene rings is 3. The number of aromatic nitrogens is 2. The van der Waals surface area contributed by atoms with Crippen LogP contribution in [0, 0.1) is 11.3 Å². The van der Waals surface area contributed by atoms with E-state index < -0.39 is 42.2 Å². The van der Waals surface area contributed by atoms with Crippen molar-refractivity contribution in [3.8, 4) is 28.8 Å². The fourth-order valence-corrected chi connectivity index (χ4v) is 8.31. The number of carbonyl (C=O) groups is 6. The van der Waals surface area contributed by atoms with Gasteiger partial charge in [0.2, 0.25) is 17.7 Å². The Morgan fingerprint density at radius 1 is 0.803 bits per heavy atom. The van der Waals surface area contributed by atoms with Crippen LogP contribution in [0.1, 0.15) is 76.8 Å². The van der Waals surface area contributed by atoms with Crippen LogP contribution in [-0.2, 0) is 20.9 Å². The number of rotatable bonds is 16. The van der Waals surface area contributed by atoms with Gasteiger partial charge in [0.25, 0.3) is 17.7 Å². The van der Waals surface area contributed by atoms with Crippen molar-refractivity contribution in [2.24, 2.45) is 0 Å². The zero-order valence-corrected chi connectivity index (χ0v) is 35.9. The van der Waals surface area contributed by atoms with E-state index in [4.69, 9.17) is 14.7 Å². The molecular formula is C49H47N9O8. The molecule has 1 aliphatic carbocycles. The second kappa shape index (κ2) is 20.6. The summed E-state index contributed by atoms with van der Waals surface area (Å²) in [5, 5.41) is 20.6. The molecule has 4 N–H and O–H groups in total. The number of fused-ring (bicyclic) bond motifs is 1. The standard InChI is InChI=1S/C49H47N9O8/c50-26-32-10-21-41(52-28-32)55-35-14-18-37(19-15-35)57(49(64)54-27-31-6-2-1-3-7-31)36-16-11-33(12-17-36)34-13-23-44(53-29-34)65-25-5-24-51-43(60)30-66-40-9-4-8-38-45(40)48(63)58(47(38)62)39-20-22-42(59)56-46(39)61/h1-4,6-13,16-17,21,23,28-29,35,37,39H,5,14-15,18-20,22,24-25,27,30H2,(H,51,60)(H,52,55)(H,54,64)(H,56,59,61)/t35-,37-,39?. The lowest BCUT2D eigenvalue weighted by molar-refractivity contribution is -0.136. The van der Waals surface area contributed by atoms with Gasteiger partial charge in [-0.05, 0) is 92.1 Å². The van der Waals surface area contributed by atoms with Gasteiger partial charge in [-0.25, -0.2) is 14.8 Å². The van der Waals surface area contributed by atoms with Crippen molar-refractivity contribution >= 4 is 47.1 Å². The van der Waals surface area contributed by atoms with Crippen molar-refractivity contribution in [1.29, 1.82) is 5.26 Å². The van der Waals surface area contributed by atoms with Crippen LogP contribution in [0.15, 0.2) is 109 Å². The predicted molar refractivity (Wildman–Crippen MR) is 241 cm³/mol. The highest BCUT2D eigenvalue weighted by Gasteiger charge is 2.46. The van der Waals surface area contributed by atoms with Gasteiger partial charge < -0.3 is 25.4 Å². The number of hydrogen-bond donors (Lipinski definition) is 4. The average molecular weight is 890 g/mol. The maximum Gasteiger partial charge on any atom is 0.322 e. The first-order valence-electron chi connectivity index (χ1n) is 21.8. The lowest BCUT2D eigenvalue weighted by Crippen LogP contribution is -2.54. The normalized spacial score (nSPS) is 17.8. The first-order chi connectivity index (χ1) is 32.1. The van der Waals surface area contributed by atoms with E-state index >= 15 is 0 Å². The summed E-state index contributed by atoms with van der Waals surface area (Å²) in [6.45, 7) is 0.532. The molecular weight excluding hydrogens is 843 g/mol. The second-order valence-electron chi connectivity index (χ2n) is 16.1. The molecule has 7 amide bonds. The Kier molecular flexibility index (Phi) is 13.9. The number of amides is 7. The Morgan fingerprint density at radius 2 is 1.59 bits per heavy atom. The van der Waals surface area contributed by atoms with Crippen molar-refractivity contribution in [2.45, 2.75) is 69.6 Å². The number of pyridine rings is 2. The van der Waals surface area contributed by atoms with Gasteiger partial charge in [-0.2, -0.15) is 5.26 Å². The van der Waals surface area contributed by atoms with Crippen molar-refractivity contribution in [3.63, 3.8) is 0 Å². The highest BCUT2D eigenvalue weighted by atomic mass is 16.5. The second-order valence-corrected chi connectivity index (χ2v) is 16.1. The van der Waals surface area contributed by atoms with Gasteiger partial charge in [-0.1, -0.05) is 48.5 Å². The fraction of sp³-hybridized carbons (Fsp3) is 0.286. The summed E-state index contributed by atoms with van der Waals surface area (Å²) >= 11 is 0. The monoisotopic (exact) mass is 889 g/mol. The number of anilines is 2. The van der Waals surface area contributed by atoms with Gasteiger partial charge in [0, 0.05) is 61.3 Å². The van der Waals surface area contributed by atoms with E-state index in [0.29, 0.717) is 24.4 Å². The van der Waals surface area contributed by atoms with Crippen molar-refractivity contribution in [3.05, 3.63) is 132 Å². The molecule has 0 bridgehead atoms. The number of ether oxygens (including phenoxy) is 2. The molecule has 66 heavy (non-hydrogen) atoms. The smallest absolute Gasteiger partial charge is 0.322 e. The zero-order valence-electron chi connectivity index (χ0n) is 35.9. The molecule has 3 aromatic carbocycles. The number of imide groups is 2. The van der Waals surface area contributed by atoms with Gasteiger partial charge in [0.1, 0.15) is 23.7 Å². The Morgan fingerprint density at radius 3 is 2.30 bits per heavy atom. The van der Waals surface area contributed by atoms with Crippen LogP contribution in [0.4, 0.5) is 16.3 Å². The summed E-state index contributed by atoms with van der Waals surface area (Å²) < 4.78 is 11.5. The summed E-state index contributed by atoms with van der Waals surface area (Å²) in [6.07, 6.45) is 7.04. The molecule has 0 spiro atoms. The Bertz CT molecular complexity index is 2630. The van der Waals surface area contributed by atoms with E-state index in [1.54, 1.807) is 24.5 Å². The Hall–Kier alpha value is -8.13. The third kappa shape index (κ3) is 10.5. The molecule has 8 rings (SSSR count). The highest BCUT2D eigenvalue weighted by molar-refractivity contribution is 6.24. The van der Waals surface area contributed by atoms with Gasteiger partial charge in [0.05, 0.1) is 23.3 Å². The van der Waals surface area contributed by atoms with Crippen LogP contribution in [-0.4, -0.2) is 88.3 Å². The summed E-state index contributed by atoms with van der Waals surface area (Å²) in [7, 11) is 0. The first kappa shape index (κ1) is 44.5. The van der Waals surface area contributed by atoms with Crippen molar-refractivity contribution < 1.29 is 38.2 Å². The molecule has 17 heteroatoms. The van der Waals surface area contributed by atoms with E-state index in [9.17, 15) is 28.8 Å². The SMILES string of the molecule is N#Cc1ccc(N[C@H]2CC[C@H](N(C(=O)NCc3ccccc3)c3ccc(-c4ccc(OCCCNC(=O)COc5cccc6c5C(=O)N(C5CCC(=O)NC5=O)C6=O)nc4)cc3)CC2)nc1.